The first-order valence-corrected chi connectivity index (χ1v) is 10.4. The Balaban J connectivity index is 1.92. The largest absolute Gasteiger partial charge is 0.389 e. The van der Waals surface area contributed by atoms with Gasteiger partial charge in [-0.2, -0.15) is 4.31 Å². The number of carbonyl (C=O) groups excluding carboxylic acids is 1. The van der Waals surface area contributed by atoms with Crippen LogP contribution in [0, 0.1) is 0 Å². The molecule has 3 rings (SSSR count). The molecule has 0 radical (unpaired) electrons. The highest BCUT2D eigenvalue weighted by atomic mass is 32.2. The van der Waals surface area contributed by atoms with Crippen molar-refractivity contribution in [2.24, 2.45) is 0 Å². The van der Waals surface area contributed by atoms with Crippen LogP contribution in [0.15, 0.2) is 65.6 Å². The summed E-state index contributed by atoms with van der Waals surface area (Å²) >= 11 is 0. The average Bonchev–Trinajstić information content (AvgIpc) is 2.72. The fraction of sp³-hybridized carbons (Fsp3) is 0.350. The summed E-state index contributed by atoms with van der Waals surface area (Å²) in [6.45, 7) is 1.43. The third kappa shape index (κ3) is 3.68. The van der Waals surface area contributed by atoms with Crippen LogP contribution < -0.4 is 0 Å². The summed E-state index contributed by atoms with van der Waals surface area (Å²) in [7, 11) is -2.40. The van der Waals surface area contributed by atoms with E-state index in [-0.39, 0.29) is 17.3 Å². The summed E-state index contributed by atoms with van der Waals surface area (Å²) in [6, 6.07) is 14.7. The third-order valence-electron chi connectivity index (χ3n) is 5.25. The van der Waals surface area contributed by atoms with Gasteiger partial charge >= 0.3 is 0 Å². The lowest BCUT2D eigenvalue weighted by atomic mass is 9.94. The minimum atomic E-state index is -3.90. The van der Waals surface area contributed by atoms with E-state index < -0.39 is 34.3 Å². The number of sulfonamides is 1. The highest BCUT2D eigenvalue weighted by molar-refractivity contribution is 7.89. The van der Waals surface area contributed by atoms with Gasteiger partial charge in [0.15, 0.2) is 0 Å². The van der Waals surface area contributed by atoms with Crippen molar-refractivity contribution in [3.8, 4) is 0 Å². The molecule has 0 bridgehead atoms. The number of hydrogen-bond acceptors (Lipinski definition) is 5. The molecule has 0 saturated carbocycles. The van der Waals surface area contributed by atoms with Crippen LogP contribution in [0.1, 0.15) is 17.3 Å². The number of rotatable bonds is 4. The Kier molecular flexibility index (Phi) is 5.85. The third-order valence-corrected chi connectivity index (χ3v) is 7.21. The lowest BCUT2D eigenvalue weighted by Crippen LogP contribution is -2.65. The van der Waals surface area contributed by atoms with E-state index in [9.17, 15) is 23.4 Å². The van der Waals surface area contributed by atoms with Crippen LogP contribution in [0.5, 0.6) is 0 Å². The molecule has 0 aromatic heterocycles. The molecule has 1 fully saturated rings. The van der Waals surface area contributed by atoms with E-state index in [4.69, 9.17) is 0 Å². The molecule has 0 spiro atoms. The Labute approximate surface area is 164 Å². The van der Waals surface area contributed by atoms with Crippen LogP contribution in [0.25, 0.3) is 0 Å². The van der Waals surface area contributed by atoms with E-state index in [1.165, 1.54) is 24.1 Å². The van der Waals surface area contributed by atoms with Gasteiger partial charge in [-0.05, 0) is 31.2 Å². The molecule has 7 nitrogen and oxygen atoms in total. The summed E-state index contributed by atoms with van der Waals surface area (Å²) < 4.78 is 27.3. The van der Waals surface area contributed by atoms with Crippen LogP contribution >= 0.6 is 0 Å². The lowest BCUT2D eigenvalue weighted by Gasteiger charge is -2.46. The molecule has 28 heavy (non-hydrogen) atoms. The zero-order chi connectivity index (χ0) is 20.5. The van der Waals surface area contributed by atoms with Gasteiger partial charge in [0.1, 0.15) is 6.10 Å². The van der Waals surface area contributed by atoms with Gasteiger partial charge in [-0.15, -0.1) is 0 Å². The van der Waals surface area contributed by atoms with Gasteiger partial charge < -0.3 is 15.1 Å². The predicted octanol–water partition coefficient (Wildman–Crippen LogP) is 0.942. The van der Waals surface area contributed by atoms with Crippen molar-refractivity contribution in [2.75, 3.05) is 13.6 Å². The molecule has 4 atom stereocenters. The standard InChI is InChI=1S/C20H24N2O5S/c1-14-18(23)19(24)17(21(2)20(25)15-9-5-3-6-10-15)13-22(14)28(26,27)16-11-7-4-8-12-16/h3-12,14,17-19,23-24H,13H2,1-2H3/t14-,17-,18-,19+/m0/s1. The van der Waals surface area contributed by atoms with Gasteiger partial charge in [-0.1, -0.05) is 36.4 Å². The maximum Gasteiger partial charge on any atom is 0.253 e. The molecule has 0 aliphatic carbocycles. The van der Waals surface area contributed by atoms with E-state index in [1.54, 1.807) is 55.5 Å². The van der Waals surface area contributed by atoms with Crippen molar-refractivity contribution in [1.82, 2.24) is 9.21 Å². The number of aliphatic hydroxyl groups excluding tert-OH is 2. The minimum Gasteiger partial charge on any atom is -0.389 e. The molecule has 150 valence electrons. The Morgan fingerprint density at radius 1 is 1.00 bits per heavy atom. The van der Waals surface area contributed by atoms with Crippen LogP contribution in [0.4, 0.5) is 0 Å². The summed E-state index contributed by atoms with van der Waals surface area (Å²) in [5.74, 6) is -0.358. The number of likely N-dealkylation sites (N-methyl/N-ethyl adjacent to an activating group) is 1. The van der Waals surface area contributed by atoms with Crippen LogP contribution in [0.2, 0.25) is 0 Å². The molecule has 8 heteroatoms. The highest BCUT2D eigenvalue weighted by Gasteiger charge is 2.47. The molecule has 0 unspecified atom stereocenters. The topological polar surface area (TPSA) is 98.2 Å². The Hall–Kier alpha value is -2.26. The van der Waals surface area contributed by atoms with Gasteiger partial charge in [0.05, 0.1) is 23.1 Å². The summed E-state index contributed by atoms with van der Waals surface area (Å²) in [5.41, 5.74) is 0.419. The predicted molar refractivity (Wildman–Crippen MR) is 104 cm³/mol. The zero-order valence-corrected chi connectivity index (χ0v) is 16.5. The van der Waals surface area contributed by atoms with Crippen molar-refractivity contribution >= 4 is 15.9 Å². The Bertz CT molecular complexity index is 920. The number of hydrogen-bond donors (Lipinski definition) is 2. The second kappa shape index (κ2) is 8.00. The van der Waals surface area contributed by atoms with Gasteiger partial charge in [0.25, 0.3) is 5.91 Å². The van der Waals surface area contributed by atoms with Crippen molar-refractivity contribution in [1.29, 1.82) is 0 Å². The van der Waals surface area contributed by atoms with Crippen molar-refractivity contribution < 1.29 is 23.4 Å². The average molecular weight is 404 g/mol. The molecule has 2 aromatic rings. The van der Waals surface area contributed by atoms with E-state index in [0.717, 1.165) is 4.31 Å². The van der Waals surface area contributed by atoms with Gasteiger partial charge in [0.2, 0.25) is 10.0 Å². The molecular weight excluding hydrogens is 380 g/mol. The normalized spacial score (nSPS) is 26.0. The number of amides is 1. The fourth-order valence-corrected chi connectivity index (χ4v) is 5.16. The van der Waals surface area contributed by atoms with E-state index in [0.29, 0.717) is 5.56 Å². The smallest absolute Gasteiger partial charge is 0.253 e. The quantitative estimate of drug-likeness (QED) is 0.790. The zero-order valence-electron chi connectivity index (χ0n) is 15.7. The fourth-order valence-electron chi connectivity index (χ4n) is 3.47. The first-order chi connectivity index (χ1) is 13.2. The lowest BCUT2D eigenvalue weighted by molar-refractivity contribution is -0.0848. The molecule has 1 aliphatic heterocycles. The highest BCUT2D eigenvalue weighted by Crippen LogP contribution is 2.28. The first kappa shape index (κ1) is 20.5. The second-order valence-corrected chi connectivity index (χ2v) is 8.85. The van der Waals surface area contributed by atoms with Crippen molar-refractivity contribution in [3.05, 3.63) is 66.2 Å². The summed E-state index contributed by atoms with van der Waals surface area (Å²) in [5, 5.41) is 21.1. The molecular formula is C20H24N2O5S. The SMILES string of the molecule is C[C@H]1[C@H](O)[C@H](O)[C@@H](N(C)C(=O)c2ccccc2)CN1S(=O)(=O)c1ccccc1. The summed E-state index contributed by atoms with van der Waals surface area (Å²) in [6.07, 6.45) is -2.60. The molecule has 1 saturated heterocycles. The maximum atomic E-state index is 13.1. The minimum absolute atomic E-state index is 0.0984. The molecule has 1 heterocycles. The van der Waals surface area contributed by atoms with E-state index >= 15 is 0 Å². The van der Waals surface area contributed by atoms with Gasteiger partial charge in [-0.3, -0.25) is 4.79 Å². The van der Waals surface area contributed by atoms with Crippen molar-refractivity contribution in [3.63, 3.8) is 0 Å². The summed E-state index contributed by atoms with van der Waals surface area (Å²) in [4.78, 5) is 14.2. The van der Waals surface area contributed by atoms with Gasteiger partial charge in [-0.25, -0.2) is 8.42 Å². The number of carbonyl (C=O) groups is 1. The number of aliphatic hydroxyl groups is 2. The molecule has 2 N–H and O–H groups in total. The Morgan fingerprint density at radius 3 is 2.11 bits per heavy atom. The molecule has 1 amide bonds. The monoisotopic (exact) mass is 404 g/mol. The number of benzene rings is 2. The second-order valence-electron chi connectivity index (χ2n) is 6.96. The van der Waals surface area contributed by atoms with Gasteiger partial charge in [0, 0.05) is 19.2 Å². The van der Waals surface area contributed by atoms with Crippen LogP contribution in [-0.2, 0) is 10.0 Å². The molecule has 1 aliphatic rings. The Morgan fingerprint density at radius 2 is 1.54 bits per heavy atom. The van der Waals surface area contributed by atoms with E-state index in [2.05, 4.69) is 0 Å². The number of nitrogens with zero attached hydrogens (tertiary/aromatic N) is 2. The van der Waals surface area contributed by atoms with Crippen LogP contribution in [0.3, 0.4) is 0 Å². The van der Waals surface area contributed by atoms with Crippen LogP contribution in [-0.4, -0.2) is 71.6 Å². The molecule has 2 aromatic carbocycles. The van der Waals surface area contributed by atoms with E-state index in [1.807, 2.05) is 0 Å². The first-order valence-electron chi connectivity index (χ1n) is 9.00. The number of piperidine rings is 1. The van der Waals surface area contributed by atoms with Crippen molar-refractivity contribution in [2.45, 2.75) is 36.1 Å². The maximum absolute atomic E-state index is 13.1.